The predicted molar refractivity (Wildman–Crippen MR) is 90.3 cm³/mol. The third kappa shape index (κ3) is 3.66. The maximum Gasteiger partial charge on any atom is 0.270 e. The number of aromatic nitrogens is 1. The van der Waals surface area contributed by atoms with Gasteiger partial charge in [0.15, 0.2) is 0 Å². The van der Waals surface area contributed by atoms with Crippen LogP contribution in [0.15, 0.2) is 29.6 Å². The molecule has 1 aromatic carbocycles. The van der Waals surface area contributed by atoms with Gasteiger partial charge in [-0.25, -0.2) is 4.98 Å². The van der Waals surface area contributed by atoms with Gasteiger partial charge in [0.25, 0.3) is 5.91 Å². The molecule has 0 saturated heterocycles. The molecule has 0 radical (unpaired) electrons. The zero-order valence-electron chi connectivity index (χ0n) is 12.1. The Labute approximate surface area is 138 Å². The van der Waals surface area contributed by atoms with E-state index in [9.17, 15) is 4.79 Å². The molecular weight excluding hydrogens is 318 g/mol. The van der Waals surface area contributed by atoms with Crippen molar-refractivity contribution in [3.8, 4) is 10.6 Å². The number of thiazole rings is 1. The highest BCUT2D eigenvalue weighted by Crippen LogP contribution is 2.25. The van der Waals surface area contributed by atoms with Crippen LogP contribution in [0.1, 0.15) is 36.2 Å². The van der Waals surface area contributed by atoms with E-state index in [-0.39, 0.29) is 18.0 Å². The molecule has 1 aromatic heterocycles. The highest BCUT2D eigenvalue weighted by atomic mass is 35.5. The molecule has 6 heteroatoms. The first kappa shape index (κ1) is 15.5. The maximum absolute atomic E-state index is 12.3. The highest BCUT2D eigenvalue weighted by molar-refractivity contribution is 7.13. The Bertz CT molecular complexity index is 648. The second kappa shape index (κ2) is 6.77. The maximum atomic E-state index is 12.3. The van der Waals surface area contributed by atoms with Crippen molar-refractivity contribution >= 4 is 28.8 Å². The van der Waals surface area contributed by atoms with Gasteiger partial charge in [0.05, 0.1) is 0 Å². The normalized spacial score (nSPS) is 21.5. The molecule has 116 valence electrons. The lowest BCUT2D eigenvalue weighted by Gasteiger charge is -2.26. The SMILES string of the molecule is NC1CCC(NC(=O)c2csc(-c3ccc(Cl)cc3)n2)CC1. The van der Waals surface area contributed by atoms with E-state index in [0.29, 0.717) is 10.7 Å². The zero-order chi connectivity index (χ0) is 15.5. The molecular formula is C16H18ClN3OS. The fourth-order valence-electron chi connectivity index (χ4n) is 2.63. The van der Waals surface area contributed by atoms with Crippen LogP contribution in [-0.4, -0.2) is 23.0 Å². The monoisotopic (exact) mass is 335 g/mol. The summed E-state index contributed by atoms with van der Waals surface area (Å²) in [7, 11) is 0. The fourth-order valence-corrected chi connectivity index (χ4v) is 3.56. The van der Waals surface area contributed by atoms with Crippen LogP contribution in [0.4, 0.5) is 0 Å². The first-order chi connectivity index (χ1) is 10.6. The Kier molecular flexibility index (Phi) is 4.76. The number of halogens is 1. The Morgan fingerprint density at radius 1 is 1.23 bits per heavy atom. The van der Waals surface area contributed by atoms with Crippen LogP contribution in [0.25, 0.3) is 10.6 Å². The fraction of sp³-hybridized carbons (Fsp3) is 0.375. The van der Waals surface area contributed by atoms with Crippen LogP contribution in [0.3, 0.4) is 0 Å². The van der Waals surface area contributed by atoms with Crippen LogP contribution < -0.4 is 11.1 Å². The van der Waals surface area contributed by atoms with Crippen LogP contribution >= 0.6 is 22.9 Å². The van der Waals surface area contributed by atoms with Gasteiger partial charge in [-0.15, -0.1) is 11.3 Å². The smallest absolute Gasteiger partial charge is 0.270 e. The molecule has 4 nitrogen and oxygen atoms in total. The minimum absolute atomic E-state index is 0.100. The summed E-state index contributed by atoms with van der Waals surface area (Å²) in [5.74, 6) is -0.100. The molecule has 0 aliphatic heterocycles. The standard InChI is InChI=1S/C16H18ClN3OS/c17-11-3-1-10(2-4-11)16-20-14(9-22-16)15(21)19-13-7-5-12(18)6-8-13/h1-4,9,12-13H,5-8,18H2,(H,19,21). The van der Waals surface area contributed by atoms with Gasteiger partial charge < -0.3 is 11.1 Å². The topological polar surface area (TPSA) is 68.0 Å². The summed E-state index contributed by atoms with van der Waals surface area (Å²) in [4.78, 5) is 16.7. The number of nitrogens with zero attached hydrogens (tertiary/aromatic N) is 1. The van der Waals surface area contributed by atoms with Gasteiger partial charge in [-0.1, -0.05) is 23.7 Å². The van der Waals surface area contributed by atoms with Crippen molar-refractivity contribution in [3.63, 3.8) is 0 Å². The van der Waals surface area contributed by atoms with Crippen LogP contribution in [0.5, 0.6) is 0 Å². The molecule has 1 heterocycles. The molecule has 0 atom stereocenters. The Balaban J connectivity index is 1.65. The summed E-state index contributed by atoms with van der Waals surface area (Å²) in [5, 5.41) is 6.37. The number of rotatable bonds is 3. The summed E-state index contributed by atoms with van der Waals surface area (Å²) >= 11 is 7.35. The number of nitrogens with one attached hydrogen (secondary N) is 1. The van der Waals surface area contributed by atoms with Crippen molar-refractivity contribution in [3.05, 3.63) is 40.4 Å². The molecule has 0 bridgehead atoms. The van der Waals surface area contributed by atoms with E-state index in [4.69, 9.17) is 17.3 Å². The van der Waals surface area contributed by atoms with Crippen molar-refractivity contribution in [1.29, 1.82) is 0 Å². The average Bonchev–Trinajstić information content (AvgIpc) is 3.00. The summed E-state index contributed by atoms with van der Waals surface area (Å²) in [6, 6.07) is 7.96. The van der Waals surface area contributed by atoms with Gasteiger partial charge in [-0.2, -0.15) is 0 Å². The molecule has 1 aliphatic rings. The second-order valence-corrected chi connectivity index (χ2v) is 6.92. The molecule has 0 spiro atoms. The lowest BCUT2D eigenvalue weighted by atomic mass is 9.92. The number of hydrogen-bond donors (Lipinski definition) is 2. The van der Waals surface area contributed by atoms with E-state index in [2.05, 4.69) is 10.3 Å². The quantitative estimate of drug-likeness (QED) is 0.902. The molecule has 3 rings (SSSR count). The molecule has 1 amide bonds. The molecule has 1 saturated carbocycles. The van der Waals surface area contributed by atoms with Crippen LogP contribution in [0, 0.1) is 0 Å². The molecule has 0 unspecified atom stereocenters. The Hall–Kier alpha value is -1.43. The van der Waals surface area contributed by atoms with Gasteiger partial charge in [-0.3, -0.25) is 4.79 Å². The number of carbonyl (C=O) groups is 1. The van der Waals surface area contributed by atoms with Gasteiger partial charge in [-0.05, 0) is 37.8 Å². The lowest BCUT2D eigenvalue weighted by Crippen LogP contribution is -2.40. The Morgan fingerprint density at radius 3 is 2.59 bits per heavy atom. The van der Waals surface area contributed by atoms with Crippen LogP contribution in [-0.2, 0) is 0 Å². The molecule has 2 aromatic rings. The lowest BCUT2D eigenvalue weighted by molar-refractivity contribution is 0.0921. The summed E-state index contributed by atoms with van der Waals surface area (Å²) in [6.45, 7) is 0. The van der Waals surface area contributed by atoms with Crippen molar-refractivity contribution in [1.82, 2.24) is 10.3 Å². The highest BCUT2D eigenvalue weighted by Gasteiger charge is 2.21. The summed E-state index contributed by atoms with van der Waals surface area (Å²) in [5.41, 5.74) is 7.33. The van der Waals surface area contributed by atoms with E-state index in [0.717, 1.165) is 36.3 Å². The molecule has 1 aliphatic carbocycles. The van der Waals surface area contributed by atoms with Gasteiger partial charge in [0.2, 0.25) is 0 Å². The zero-order valence-corrected chi connectivity index (χ0v) is 13.7. The molecule has 1 fully saturated rings. The number of benzene rings is 1. The van der Waals surface area contributed by atoms with Gasteiger partial charge in [0.1, 0.15) is 10.7 Å². The van der Waals surface area contributed by atoms with Crippen LogP contribution in [0.2, 0.25) is 5.02 Å². The molecule has 3 N–H and O–H groups in total. The third-order valence-corrected chi connectivity index (χ3v) is 5.08. The summed E-state index contributed by atoms with van der Waals surface area (Å²) < 4.78 is 0. The average molecular weight is 336 g/mol. The van der Waals surface area contributed by atoms with E-state index in [1.165, 1.54) is 11.3 Å². The van der Waals surface area contributed by atoms with Crippen molar-refractivity contribution in [2.75, 3.05) is 0 Å². The minimum Gasteiger partial charge on any atom is -0.348 e. The number of carbonyl (C=O) groups excluding carboxylic acids is 1. The minimum atomic E-state index is -0.100. The Morgan fingerprint density at radius 2 is 1.91 bits per heavy atom. The largest absolute Gasteiger partial charge is 0.348 e. The van der Waals surface area contributed by atoms with Crippen molar-refractivity contribution < 1.29 is 4.79 Å². The second-order valence-electron chi connectivity index (χ2n) is 5.63. The number of nitrogens with two attached hydrogens (primary N) is 1. The number of amides is 1. The van der Waals surface area contributed by atoms with Gasteiger partial charge >= 0.3 is 0 Å². The summed E-state index contributed by atoms with van der Waals surface area (Å²) in [6.07, 6.45) is 3.83. The first-order valence-corrected chi connectivity index (χ1v) is 8.65. The first-order valence-electron chi connectivity index (χ1n) is 7.40. The third-order valence-electron chi connectivity index (χ3n) is 3.94. The van der Waals surface area contributed by atoms with E-state index < -0.39 is 0 Å². The predicted octanol–water partition coefficient (Wildman–Crippen LogP) is 3.46. The van der Waals surface area contributed by atoms with E-state index >= 15 is 0 Å². The van der Waals surface area contributed by atoms with Gasteiger partial charge in [0, 0.05) is 28.0 Å². The van der Waals surface area contributed by atoms with E-state index in [1.54, 1.807) is 5.38 Å². The molecule has 22 heavy (non-hydrogen) atoms. The van der Waals surface area contributed by atoms with Crippen molar-refractivity contribution in [2.24, 2.45) is 5.73 Å². The number of hydrogen-bond acceptors (Lipinski definition) is 4. The van der Waals surface area contributed by atoms with E-state index in [1.807, 2.05) is 24.3 Å². The van der Waals surface area contributed by atoms with Crippen molar-refractivity contribution in [2.45, 2.75) is 37.8 Å².